The molecule has 6 nitrogen and oxygen atoms in total. The number of hydrogen-bond acceptors (Lipinski definition) is 2. The zero-order chi connectivity index (χ0) is 18.9. The van der Waals surface area contributed by atoms with Gasteiger partial charge in [0, 0.05) is 12.2 Å². The highest BCUT2D eigenvalue weighted by molar-refractivity contribution is 5.92. The van der Waals surface area contributed by atoms with Crippen LogP contribution in [0.25, 0.3) is 0 Å². The first kappa shape index (κ1) is 20.4. The predicted molar refractivity (Wildman–Crippen MR) is 103 cm³/mol. The minimum atomic E-state index is 0.0685. The summed E-state index contributed by atoms with van der Waals surface area (Å²) >= 11 is 0. The SMILES string of the molecule is CCc1ccccc1NC(=O)C[NH+]1CC[NH+](CC(=O)NCC(C)C)CC1. The molecule has 26 heavy (non-hydrogen) atoms. The van der Waals surface area contributed by atoms with E-state index < -0.39 is 0 Å². The Morgan fingerprint density at radius 1 is 1.00 bits per heavy atom. The van der Waals surface area contributed by atoms with Gasteiger partial charge in [0.1, 0.15) is 26.2 Å². The van der Waals surface area contributed by atoms with Gasteiger partial charge in [0.05, 0.1) is 0 Å². The van der Waals surface area contributed by atoms with Gasteiger partial charge in [-0.2, -0.15) is 0 Å². The van der Waals surface area contributed by atoms with Gasteiger partial charge in [0.15, 0.2) is 13.1 Å². The summed E-state index contributed by atoms with van der Waals surface area (Å²) in [6, 6.07) is 7.96. The summed E-state index contributed by atoms with van der Waals surface area (Å²) in [7, 11) is 0. The Morgan fingerprint density at radius 3 is 2.15 bits per heavy atom. The average Bonchev–Trinajstić information content (AvgIpc) is 2.62. The number of quaternary nitrogens is 2. The molecule has 0 radical (unpaired) electrons. The molecule has 1 aromatic carbocycles. The molecular formula is C20H34N4O2+2. The molecule has 0 aliphatic carbocycles. The lowest BCUT2D eigenvalue weighted by atomic mass is 10.1. The maximum absolute atomic E-state index is 12.4. The first-order chi connectivity index (χ1) is 12.5. The zero-order valence-corrected chi connectivity index (χ0v) is 16.4. The Hall–Kier alpha value is -1.92. The van der Waals surface area contributed by atoms with Crippen LogP contribution < -0.4 is 20.4 Å². The molecule has 1 aliphatic rings. The van der Waals surface area contributed by atoms with E-state index in [1.165, 1.54) is 9.80 Å². The fraction of sp³-hybridized carbons (Fsp3) is 0.600. The second kappa shape index (κ2) is 10.3. The highest BCUT2D eigenvalue weighted by atomic mass is 16.2. The number of para-hydroxylation sites is 1. The van der Waals surface area contributed by atoms with Crippen molar-refractivity contribution in [2.24, 2.45) is 5.92 Å². The van der Waals surface area contributed by atoms with Crippen LogP contribution in [-0.2, 0) is 16.0 Å². The number of rotatable bonds is 8. The van der Waals surface area contributed by atoms with Gasteiger partial charge in [-0.25, -0.2) is 0 Å². The highest BCUT2D eigenvalue weighted by Gasteiger charge is 2.26. The highest BCUT2D eigenvalue weighted by Crippen LogP contribution is 2.14. The monoisotopic (exact) mass is 362 g/mol. The van der Waals surface area contributed by atoms with Crippen LogP contribution in [-0.4, -0.2) is 57.6 Å². The van der Waals surface area contributed by atoms with Gasteiger partial charge in [0.2, 0.25) is 0 Å². The molecule has 0 saturated carbocycles. The Balaban J connectivity index is 1.71. The van der Waals surface area contributed by atoms with E-state index in [-0.39, 0.29) is 11.8 Å². The van der Waals surface area contributed by atoms with Gasteiger partial charge in [-0.1, -0.05) is 39.0 Å². The number of carbonyl (C=O) groups is 2. The summed E-state index contributed by atoms with van der Waals surface area (Å²) in [6.07, 6.45) is 0.907. The molecule has 1 heterocycles. The molecule has 6 heteroatoms. The lowest BCUT2D eigenvalue weighted by Crippen LogP contribution is -3.28. The van der Waals surface area contributed by atoms with E-state index in [1.807, 2.05) is 18.2 Å². The van der Waals surface area contributed by atoms with Crippen molar-refractivity contribution in [3.05, 3.63) is 29.8 Å². The lowest BCUT2D eigenvalue weighted by Gasteiger charge is -2.29. The van der Waals surface area contributed by atoms with Crippen LogP contribution in [0.2, 0.25) is 0 Å². The van der Waals surface area contributed by atoms with Crippen molar-refractivity contribution in [2.75, 3.05) is 51.1 Å². The Kier molecular flexibility index (Phi) is 8.06. The second-order valence-electron chi connectivity index (χ2n) is 7.61. The van der Waals surface area contributed by atoms with Gasteiger partial charge in [-0.3, -0.25) is 9.59 Å². The van der Waals surface area contributed by atoms with Crippen LogP contribution >= 0.6 is 0 Å². The van der Waals surface area contributed by atoms with Gasteiger partial charge in [-0.05, 0) is 24.0 Å². The number of benzene rings is 1. The minimum Gasteiger partial charge on any atom is -0.351 e. The number of anilines is 1. The molecule has 1 aromatic rings. The summed E-state index contributed by atoms with van der Waals surface area (Å²) in [5.41, 5.74) is 2.09. The van der Waals surface area contributed by atoms with Crippen LogP contribution in [0.1, 0.15) is 26.3 Å². The van der Waals surface area contributed by atoms with E-state index in [1.54, 1.807) is 0 Å². The largest absolute Gasteiger partial charge is 0.351 e. The molecule has 0 aromatic heterocycles. The van der Waals surface area contributed by atoms with E-state index >= 15 is 0 Å². The number of amides is 2. The summed E-state index contributed by atoms with van der Waals surface area (Å²) in [5.74, 6) is 0.677. The van der Waals surface area contributed by atoms with E-state index in [2.05, 4.69) is 37.5 Å². The summed E-state index contributed by atoms with van der Waals surface area (Å²) in [5, 5.41) is 6.03. The molecule has 0 bridgehead atoms. The van der Waals surface area contributed by atoms with Gasteiger partial charge >= 0.3 is 0 Å². The van der Waals surface area contributed by atoms with E-state index in [0.29, 0.717) is 19.0 Å². The molecule has 1 aliphatic heterocycles. The normalized spacial score (nSPS) is 20.0. The maximum atomic E-state index is 12.4. The number of nitrogens with one attached hydrogen (secondary N) is 4. The van der Waals surface area contributed by atoms with Crippen molar-refractivity contribution in [1.82, 2.24) is 5.32 Å². The Labute approximate surface area is 156 Å². The molecule has 2 amide bonds. The first-order valence-electron chi connectivity index (χ1n) is 9.79. The second-order valence-corrected chi connectivity index (χ2v) is 7.61. The zero-order valence-electron chi connectivity index (χ0n) is 16.4. The fourth-order valence-corrected chi connectivity index (χ4v) is 3.29. The van der Waals surface area contributed by atoms with Gasteiger partial charge in [-0.15, -0.1) is 0 Å². The number of carbonyl (C=O) groups excluding carboxylic acids is 2. The summed E-state index contributed by atoms with van der Waals surface area (Å²) < 4.78 is 0. The molecule has 0 atom stereocenters. The third kappa shape index (κ3) is 6.77. The lowest BCUT2D eigenvalue weighted by molar-refractivity contribution is -1.00. The number of hydrogen-bond donors (Lipinski definition) is 4. The van der Waals surface area contributed by atoms with Crippen molar-refractivity contribution in [2.45, 2.75) is 27.2 Å². The van der Waals surface area contributed by atoms with Crippen molar-refractivity contribution in [3.8, 4) is 0 Å². The van der Waals surface area contributed by atoms with E-state index in [9.17, 15) is 9.59 Å². The van der Waals surface area contributed by atoms with Crippen molar-refractivity contribution in [1.29, 1.82) is 0 Å². The van der Waals surface area contributed by atoms with Crippen molar-refractivity contribution >= 4 is 17.5 Å². The average molecular weight is 363 g/mol. The minimum absolute atomic E-state index is 0.0685. The van der Waals surface area contributed by atoms with Gasteiger partial charge < -0.3 is 20.4 Å². The molecule has 1 saturated heterocycles. The standard InChI is InChI=1S/C20H32N4O2/c1-4-17-7-5-6-8-18(17)22-20(26)15-24-11-9-23(10-12-24)14-19(25)21-13-16(2)3/h5-8,16H,4,9-15H2,1-3H3,(H,21,25)(H,22,26)/p+2. The quantitative estimate of drug-likeness (QED) is 0.467. The molecule has 0 spiro atoms. The molecule has 0 unspecified atom stereocenters. The van der Waals surface area contributed by atoms with Crippen LogP contribution in [0.4, 0.5) is 5.69 Å². The molecular weight excluding hydrogens is 328 g/mol. The third-order valence-corrected chi connectivity index (χ3v) is 4.87. The number of piperazine rings is 1. The predicted octanol–water partition coefficient (Wildman–Crippen LogP) is -1.26. The van der Waals surface area contributed by atoms with E-state index in [4.69, 9.17) is 0 Å². The molecule has 1 fully saturated rings. The molecule has 144 valence electrons. The van der Waals surface area contributed by atoms with Crippen molar-refractivity contribution < 1.29 is 19.4 Å². The van der Waals surface area contributed by atoms with Crippen molar-refractivity contribution in [3.63, 3.8) is 0 Å². The molecule has 4 N–H and O–H groups in total. The number of aryl methyl sites for hydroxylation is 1. The Bertz CT molecular complexity index is 595. The van der Waals surface area contributed by atoms with Crippen LogP contribution in [0.3, 0.4) is 0 Å². The third-order valence-electron chi connectivity index (χ3n) is 4.87. The maximum Gasteiger partial charge on any atom is 0.279 e. The summed E-state index contributed by atoms with van der Waals surface area (Å²) in [6.45, 7) is 11.8. The van der Waals surface area contributed by atoms with Crippen LogP contribution in [0.5, 0.6) is 0 Å². The van der Waals surface area contributed by atoms with Crippen LogP contribution in [0, 0.1) is 5.92 Å². The van der Waals surface area contributed by atoms with Gasteiger partial charge in [0.25, 0.3) is 11.8 Å². The van der Waals surface area contributed by atoms with E-state index in [0.717, 1.165) is 50.4 Å². The first-order valence-corrected chi connectivity index (χ1v) is 9.79. The topological polar surface area (TPSA) is 67.1 Å². The smallest absolute Gasteiger partial charge is 0.279 e. The Morgan fingerprint density at radius 2 is 1.58 bits per heavy atom. The fourth-order valence-electron chi connectivity index (χ4n) is 3.29. The molecule has 2 rings (SSSR count). The van der Waals surface area contributed by atoms with Crippen LogP contribution in [0.15, 0.2) is 24.3 Å². The summed E-state index contributed by atoms with van der Waals surface area (Å²) in [4.78, 5) is 26.9.